The minimum Gasteiger partial charge on any atom is -0.461 e. The summed E-state index contributed by atoms with van der Waals surface area (Å²) in [6, 6.07) is 12.5. The molecule has 3 saturated heterocycles. The topological polar surface area (TPSA) is 96.4 Å². The van der Waals surface area contributed by atoms with Crippen molar-refractivity contribution in [2.24, 2.45) is 11.8 Å². The molecule has 6 atom stereocenters. The fourth-order valence-corrected chi connectivity index (χ4v) is 7.75. The summed E-state index contributed by atoms with van der Waals surface area (Å²) in [6.45, 7) is 11.0. The molecular weight excluding hydrogens is 556 g/mol. The summed E-state index contributed by atoms with van der Waals surface area (Å²) in [7, 11) is 0. The lowest BCUT2D eigenvalue weighted by Crippen LogP contribution is -2.57. The Kier molecular flexibility index (Phi) is 8.34. The van der Waals surface area contributed by atoms with Gasteiger partial charge in [-0.3, -0.25) is 14.4 Å². The minimum absolute atomic E-state index is 0.00269. The van der Waals surface area contributed by atoms with Gasteiger partial charge in [0.1, 0.15) is 24.2 Å². The Bertz CT molecular complexity index is 1380. The highest BCUT2D eigenvalue weighted by Crippen LogP contribution is 2.65. The third kappa shape index (κ3) is 4.48. The SMILES string of the molecule is C=CCOC(=O)[C@@H]1[C@H]2C(=O)N([C@H](CO)c3ccccc3)C(C(=O)N(CC=C)c3c(C)cccc3Cl)C23CC[C@@]1(CC)O3. The number of aliphatic hydroxyl groups is 1. The van der Waals surface area contributed by atoms with Gasteiger partial charge in [0.25, 0.3) is 5.91 Å². The molecule has 0 radical (unpaired) electrons. The lowest BCUT2D eigenvalue weighted by molar-refractivity contribution is -0.161. The number of hydrogen-bond donors (Lipinski definition) is 1. The molecule has 9 heteroatoms. The van der Waals surface area contributed by atoms with Gasteiger partial charge < -0.3 is 24.4 Å². The summed E-state index contributed by atoms with van der Waals surface area (Å²) >= 11 is 6.66. The molecule has 0 aliphatic carbocycles. The fourth-order valence-electron chi connectivity index (χ4n) is 7.42. The Hall–Kier alpha value is -3.46. The van der Waals surface area contributed by atoms with Crippen LogP contribution in [0.5, 0.6) is 0 Å². The zero-order valence-corrected chi connectivity index (χ0v) is 24.8. The Labute approximate surface area is 251 Å². The molecule has 2 aromatic carbocycles. The molecule has 2 unspecified atom stereocenters. The van der Waals surface area contributed by atoms with Gasteiger partial charge in [0, 0.05) is 6.54 Å². The maximum absolute atomic E-state index is 14.9. The molecule has 8 nitrogen and oxygen atoms in total. The number of esters is 1. The Morgan fingerprint density at radius 3 is 2.55 bits per heavy atom. The predicted molar refractivity (Wildman–Crippen MR) is 160 cm³/mol. The van der Waals surface area contributed by atoms with Gasteiger partial charge in [-0.1, -0.05) is 79.7 Å². The van der Waals surface area contributed by atoms with Crippen LogP contribution in [0.15, 0.2) is 73.8 Å². The summed E-state index contributed by atoms with van der Waals surface area (Å²) in [4.78, 5) is 46.2. The molecule has 42 heavy (non-hydrogen) atoms. The number of carbonyl (C=O) groups is 3. The minimum atomic E-state index is -1.31. The van der Waals surface area contributed by atoms with E-state index in [9.17, 15) is 19.5 Å². The lowest BCUT2D eigenvalue weighted by atomic mass is 9.65. The highest BCUT2D eigenvalue weighted by molar-refractivity contribution is 6.34. The number of halogens is 1. The van der Waals surface area contributed by atoms with Crippen molar-refractivity contribution < 1.29 is 29.0 Å². The number of nitrogens with zero attached hydrogens (tertiary/aromatic N) is 2. The van der Waals surface area contributed by atoms with E-state index in [0.717, 1.165) is 5.56 Å². The standard InChI is InChI=1S/C33H37ClN2O6/c1-5-18-35(27-21(4)12-11-15-23(27)34)30(39)28-33-17-16-32(7-3,42-33)26(31(40)41-19-6-2)25(33)29(38)36(28)24(20-37)22-13-9-8-10-14-22/h5-6,8-15,24-26,28,37H,1-2,7,16-20H2,3-4H3/t24-,25+,26+,28?,32-,33?/m1/s1. The Morgan fingerprint density at radius 2 is 1.93 bits per heavy atom. The van der Waals surface area contributed by atoms with Crippen molar-refractivity contribution in [3.8, 4) is 0 Å². The third-order valence-electron chi connectivity index (χ3n) is 9.18. The molecule has 1 spiro atoms. The van der Waals surface area contributed by atoms with E-state index in [1.165, 1.54) is 15.9 Å². The van der Waals surface area contributed by atoms with Crippen LogP contribution in [0, 0.1) is 18.8 Å². The maximum atomic E-state index is 14.9. The molecule has 2 bridgehead atoms. The molecule has 5 rings (SSSR count). The first-order valence-corrected chi connectivity index (χ1v) is 14.7. The first-order chi connectivity index (χ1) is 20.2. The number of para-hydroxylation sites is 1. The Morgan fingerprint density at radius 1 is 1.19 bits per heavy atom. The number of benzene rings is 2. The van der Waals surface area contributed by atoms with Gasteiger partial charge in [-0.05, 0) is 43.4 Å². The molecule has 2 amide bonds. The molecular formula is C33H37ClN2O6. The molecule has 3 heterocycles. The molecule has 2 aromatic rings. The van der Waals surface area contributed by atoms with Crippen LogP contribution >= 0.6 is 11.6 Å². The van der Waals surface area contributed by atoms with Gasteiger partial charge in [0.05, 0.1) is 34.9 Å². The van der Waals surface area contributed by atoms with Gasteiger partial charge in [0.2, 0.25) is 5.91 Å². The number of likely N-dealkylation sites (tertiary alicyclic amines) is 1. The van der Waals surface area contributed by atoms with E-state index in [-0.39, 0.29) is 13.2 Å². The smallest absolute Gasteiger partial charge is 0.313 e. The zero-order valence-electron chi connectivity index (χ0n) is 24.0. The molecule has 222 valence electrons. The number of aryl methyl sites for hydroxylation is 1. The van der Waals surface area contributed by atoms with Crippen molar-refractivity contribution in [1.82, 2.24) is 4.90 Å². The van der Waals surface area contributed by atoms with Crippen molar-refractivity contribution in [2.75, 3.05) is 24.7 Å². The van der Waals surface area contributed by atoms with Crippen molar-refractivity contribution in [1.29, 1.82) is 0 Å². The third-order valence-corrected chi connectivity index (χ3v) is 9.48. The largest absolute Gasteiger partial charge is 0.461 e. The average molecular weight is 593 g/mol. The van der Waals surface area contributed by atoms with Crippen molar-refractivity contribution in [3.05, 3.63) is 90.0 Å². The predicted octanol–water partition coefficient (Wildman–Crippen LogP) is 4.79. The van der Waals surface area contributed by atoms with E-state index in [2.05, 4.69) is 13.2 Å². The fraction of sp³-hybridized carbons (Fsp3) is 0.424. The van der Waals surface area contributed by atoms with Crippen molar-refractivity contribution in [3.63, 3.8) is 0 Å². The first-order valence-electron chi connectivity index (χ1n) is 14.3. The van der Waals surface area contributed by atoms with Crippen LogP contribution in [0.1, 0.15) is 43.4 Å². The number of rotatable bonds is 11. The summed E-state index contributed by atoms with van der Waals surface area (Å²) < 4.78 is 12.4. The summed E-state index contributed by atoms with van der Waals surface area (Å²) in [5.41, 5.74) is -0.307. The van der Waals surface area contributed by atoms with Gasteiger partial charge in [-0.15, -0.1) is 6.58 Å². The van der Waals surface area contributed by atoms with Crippen LogP contribution < -0.4 is 4.90 Å². The van der Waals surface area contributed by atoms with Crippen LogP contribution in [0.2, 0.25) is 5.02 Å². The quantitative estimate of drug-likeness (QED) is 0.298. The van der Waals surface area contributed by atoms with Crippen LogP contribution in [0.3, 0.4) is 0 Å². The number of ether oxygens (including phenoxy) is 2. The number of anilines is 1. The average Bonchev–Trinajstić information content (AvgIpc) is 3.60. The second kappa shape index (κ2) is 11.7. The second-order valence-electron chi connectivity index (χ2n) is 11.2. The number of hydrogen-bond acceptors (Lipinski definition) is 6. The highest BCUT2D eigenvalue weighted by Gasteiger charge is 2.79. The van der Waals surface area contributed by atoms with E-state index in [4.69, 9.17) is 21.1 Å². The first kappa shape index (κ1) is 30.0. The van der Waals surface area contributed by atoms with E-state index < -0.39 is 59.5 Å². The molecule has 0 aromatic heterocycles. The van der Waals surface area contributed by atoms with Crippen LogP contribution in [-0.2, 0) is 23.9 Å². The molecule has 0 saturated carbocycles. The number of aliphatic hydroxyl groups excluding tert-OH is 1. The van der Waals surface area contributed by atoms with Gasteiger partial charge in [-0.2, -0.15) is 0 Å². The molecule has 3 aliphatic heterocycles. The van der Waals surface area contributed by atoms with Gasteiger partial charge >= 0.3 is 5.97 Å². The van der Waals surface area contributed by atoms with Gasteiger partial charge in [0.15, 0.2) is 0 Å². The van der Waals surface area contributed by atoms with Crippen LogP contribution in [0.4, 0.5) is 5.69 Å². The lowest BCUT2D eigenvalue weighted by Gasteiger charge is -2.40. The highest BCUT2D eigenvalue weighted by atomic mass is 35.5. The molecule has 3 fully saturated rings. The van der Waals surface area contributed by atoms with Crippen molar-refractivity contribution >= 4 is 35.1 Å². The van der Waals surface area contributed by atoms with Crippen LogP contribution in [-0.4, -0.2) is 64.8 Å². The van der Waals surface area contributed by atoms with E-state index >= 15 is 0 Å². The maximum Gasteiger partial charge on any atom is 0.313 e. The van der Waals surface area contributed by atoms with Crippen LogP contribution in [0.25, 0.3) is 0 Å². The van der Waals surface area contributed by atoms with Gasteiger partial charge in [-0.25, -0.2) is 0 Å². The van der Waals surface area contributed by atoms with E-state index in [1.54, 1.807) is 18.2 Å². The zero-order chi connectivity index (χ0) is 30.2. The summed E-state index contributed by atoms with van der Waals surface area (Å²) in [5.74, 6) is -3.25. The monoisotopic (exact) mass is 592 g/mol. The molecule has 1 N–H and O–H groups in total. The number of amides is 2. The van der Waals surface area contributed by atoms with E-state index in [0.29, 0.717) is 35.5 Å². The van der Waals surface area contributed by atoms with Crippen molar-refractivity contribution in [2.45, 2.75) is 56.4 Å². The number of carbonyl (C=O) groups excluding carboxylic acids is 3. The number of fused-ring (bicyclic) bond motifs is 1. The Balaban J connectivity index is 1.70. The second-order valence-corrected chi connectivity index (χ2v) is 11.7. The molecule has 3 aliphatic rings. The summed E-state index contributed by atoms with van der Waals surface area (Å²) in [6.07, 6.45) is 4.43. The normalized spacial score (nSPS) is 28.3. The van der Waals surface area contributed by atoms with E-state index in [1.807, 2.05) is 50.2 Å². The summed E-state index contributed by atoms with van der Waals surface area (Å²) in [5, 5.41) is 11.1.